The first-order valence-corrected chi connectivity index (χ1v) is 6.17. The van der Waals surface area contributed by atoms with E-state index in [4.69, 9.17) is 22.6 Å². The number of benzene rings is 1. The zero-order chi connectivity index (χ0) is 12.7. The van der Waals surface area contributed by atoms with Gasteiger partial charge in [-0.15, -0.1) is 0 Å². The van der Waals surface area contributed by atoms with Crippen LogP contribution in [0.1, 0.15) is 24.9 Å². The van der Waals surface area contributed by atoms with Crippen LogP contribution in [0, 0.1) is 11.3 Å². The van der Waals surface area contributed by atoms with Gasteiger partial charge >= 0.3 is 0 Å². The van der Waals surface area contributed by atoms with E-state index in [9.17, 15) is 0 Å². The van der Waals surface area contributed by atoms with E-state index in [0.29, 0.717) is 13.0 Å². The SMILES string of the molecule is CCN(CCC#N)C(CN)c1ccc(Cl)cc1. The molecule has 1 atom stereocenters. The van der Waals surface area contributed by atoms with Crippen LogP contribution in [0.5, 0.6) is 0 Å². The lowest BCUT2D eigenvalue weighted by molar-refractivity contribution is 0.217. The van der Waals surface area contributed by atoms with E-state index >= 15 is 0 Å². The van der Waals surface area contributed by atoms with Crippen molar-refractivity contribution in [3.63, 3.8) is 0 Å². The smallest absolute Gasteiger partial charge is 0.0635 e. The van der Waals surface area contributed by atoms with Gasteiger partial charge in [0.2, 0.25) is 0 Å². The Balaban J connectivity index is 2.81. The summed E-state index contributed by atoms with van der Waals surface area (Å²) < 4.78 is 0. The Bertz CT molecular complexity index is 369. The van der Waals surface area contributed by atoms with Gasteiger partial charge in [0.15, 0.2) is 0 Å². The van der Waals surface area contributed by atoms with Crippen molar-refractivity contribution >= 4 is 11.6 Å². The van der Waals surface area contributed by atoms with Crippen LogP contribution in [-0.4, -0.2) is 24.5 Å². The highest BCUT2D eigenvalue weighted by Crippen LogP contribution is 2.21. The average molecular weight is 252 g/mol. The van der Waals surface area contributed by atoms with Crippen molar-refractivity contribution in [2.24, 2.45) is 5.73 Å². The molecule has 4 heteroatoms. The fourth-order valence-electron chi connectivity index (χ4n) is 1.91. The van der Waals surface area contributed by atoms with Crippen molar-refractivity contribution in [3.05, 3.63) is 34.9 Å². The van der Waals surface area contributed by atoms with Crippen LogP contribution in [0.2, 0.25) is 5.02 Å². The minimum atomic E-state index is 0.158. The summed E-state index contributed by atoms with van der Waals surface area (Å²) in [7, 11) is 0. The second-order valence-electron chi connectivity index (χ2n) is 3.84. The molecule has 0 aliphatic carbocycles. The first-order valence-electron chi connectivity index (χ1n) is 5.79. The highest BCUT2D eigenvalue weighted by molar-refractivity contribution is 6.30. The van der Waals surface area contributed by atoms with Gasteiger partial charge in [0.05, 0.1) is 6.07 Å². The molecule has 92 valence electrons. The van der Waals surface area contributed by atoms with Gasteiger partial charge in [-0.1, -0.05) is 30.7 Å². The van der Waals surface area contributed by atoms with Crippen molar-refractivity contribution in [3.8, 4) is 6.07 Å². The minimum Gasteiger partial charge on any atom is -0.329 e. The molecule has 0 spiro atoms. The average Bonchev–Trinajstić information content (AvgIpc) is 2.36. The Morgan fingerprint density at radius 1 is 1.41 bits per heavy atom. The van der Waals surface area contributed by atoms with Crippen LogP contribution in [0.3, 0.4) is 0 Å². The second-order valence-corrected chi connectivity index (χ2v) is 4.28. The Morgan fingerprint density at radius 3 is 2.53 bits per heavy atom. The van der Waals surface area contributed by atoms with E-state index in [1.54, 1.807) is 0 Å². The van der Waals surface area contributed by atoms with Gasteiger partial charge < -0.3 is 5.73 Å². The van der Waals surface area contributed by atoms with Crippen molar-refractivity contribution in [1.29, 1.82) is 5.26 Å². The van der Waals surface area contributed by atoms with Crippen molar-refractivity contribution in [2.45, 2.75) is 19.4 Å². The molecule has 0 saturated heterocycles. The van der Waals surface area contributed by atoms with Crippen LogP contribution >= 0.6 is 11.6 Å². The lowest BCUT2D eigenvalue weighted by Crippen LogP contribution is -2.34. The van der Waals surface area contributed by atoms with Gasteiger partial charge in [-0.25, -0.2) is 0 Å². The minimum absolute atomic E-state index is 0.158. The largest absolute Gasteiger partial charge is 0.329 e. The van der Waals surface area contributed by atoms with Gasteiger partial charge in [0.25, 0.3) is 0 Å². The number of hydrogen-bond acceptors (Lipinski definition) is 3. The zero-order valence-corrected chi connectivity index (χ0v) is 10.8. The summed E-state index contributed by atoms with van der Waals surface area (Å²) in [5.41, 5.74) is 6.98. The van der Waals surface area contributed by atoms with Gasteiger partial charge in [0.1, 0.15) is 0 Å². The Hall–Kier alpha value is -1.08. The van der Waals surface area contributed by atoms with Crippen molar-refractivity contribution < 1.29 is 0 Å². The van der Waals surface area contributed by atoms with Crippen LogP contribution in [0.15, 0.2) is 24.3 Å². The van der Waals surface area contributed by atoms with Gasteiger partial charge in [0, 0.05) is 30.6 Å². The van der Waals surface area contributed by atoms with Crippen molar-refractivity contribution in [1.82, 2.24) is 4.90 Å². The van der Waals surface area contributed by atoms with Gasteiger partial charge in [-0.3, -0.25) is 4.90 Å². The standard InChI is InChI=1S/C13H18ClN3/c1-2-17(9-3-8-15)13(10-16)11-4-6-12(14)7-5-11/h4-7,13H,2-3,9-10,16H2,1H3. The van der Waals surface area contributed by atoms with Crippen LogP contribution in [0.25, 0.3) is 0 Å². The summed E-state index contributed by atoms with van der Waals surface area (Å²) >= 11 is 5.87. The number of likely N-dealkylation sites (N-methyl/N-ethyl adjacent to an activating group) is 1. The predicted molar refractivity (Wildman–Crippen MR) is 70.7 cm³/mol. The Kier molecular flexibility index (Phi) is 5.99. The maximum atomic E-state index is 8.65. The molecule has 0 heterocycles. The van der Waals surface area contributed by atoms with Crippen LogP contribution in [0.4, 0.5) is 0 Å². The molecule has 0 aliphatic rings. The Morgan fingerprint density at radius 2 is 2.06 bits per heavy atom. The third-order valence-electron chi connectivity index (χ3n) is 2.84. The summed E-state index contributed by atoms with van der Waals surface area (Å²) in [6.07, 6.45) is 0.526. The third-order valence-corrected chi connectivity index (χ3v) is 3.09. The molecule has 0 amide bonds. The molecule has 3 nitrogen and oxygen atoms in total. The first kappa shape index (κ1) is 14.0. The maximum Gasteiger partial charge on any atom is 0.0635 e. The Labute approximate surface area is 108 Å². The molecule has 0 aliphatic heterocycles. The van der Waals surface area contributed by atoms with E-state index < -0.39 is 0 Å². The fourth-order valence-corrected chi connectivity index (χ4v) is 2.03. The predicted octanol–water partition coefficient (Wildman–Crippen LogP) is 2.58. The van der Waals surface area contributed by atoms with Crippen LogP contribution in [-0.2, 0) is 0 Å². The topological polar surface area (TPSA) is 53.0 Å². The first-order chi connectivity index (χ1) is 8.22. The summed E-state index contributed by atoms with van der Waals surface area (Å²) in [6, 6.07) is 10.1. The second kappa shape index (κ2) is 7.29. The lowest BCUT2D eigenvalue weighted by atomic mass is 10.1. The number of rotatable bonds is 6. The molecular formula is C13H18ClN3. The van der Waals surface area contributed by atoms with Gasteiger partial charge in [-0.2, -0.15) is 5.26 Å². The highest BCUT2D eigenvalue weighted by atomic mass is 35.5. The molecule has 0 radical (unpaired) electrons. The van der Waals surface area contributed by atoms with E-state index in [-0.39, 0.29) is 6.04 Å². The highest BCUT2D eigenvalue weighted by Gasteiger charge is 2.16. The molecule has 1 aromatic rings. The number of nitrogens with two attached hydrogens (primary N) is 1. The number of nitriles is 1. The summed E-state index contributed by atoms with van der Waals surface area (Å²) in [4.78, 5) is 2.21. The van der Waals surface area contributed by atoms with E-state index in [1.165, 1.54) is 0 Å². The number of halogens is 1. The number of nitrogens with zero attached hydrogens (tertiary/aromatic N) is 2. The molecule has 1 aromatic carbocycles. The fraction of sp³-hybridized carbons (Fsp3) is 0.462. The van der Waals surface area contributed by atoms with Crippen molar-refractivity contribution in [2.75, 3.05) is 19.6 Å². The molecular weight excluding hydrogens is 234 g/mol. The molecule has 0 fully saturated rings. The molecule has 2 N–H and O–H groups in total. The van der Waals surface area contributed by atoms with E-state index in [1.807, 2.05) is 24.3 Å². The monoisotopic (exact) mass is 251 g/mol. The molecule has 1 rings (SSSR count). The van der Waals surface area contributed by atoms with Gasteiger partial charge in [-0.05, 0) is 24.2 Å². The maximum absolute atomic E-state index is 8.65. The molecule has 0 aromatic heterocycles. The normalized spacial score (nSPS) is 12.4. The zero-order valence-electron chi connectivity index (χ0n) is 10.1. The quantitative estimate of drug-likeness (QED) is 0.846. The molecule has 0 saturated carbocycles. The van der Waals surface area contributed by atoms with Crippen LogP contribution < -0.4 is 5.73 Å². The molecule has 17 heavy (non-hydrogen) atoms. The third kappa shape index (κ3) is 4.01. The summed E-state index contributed by atoms with van der Waals surface area (Å²) in [5, 5.41) is 9.37. The van der Waals surface area contributed by atoms with E-state index in [2.05, 4.69) is 17.9 Å². The number of hydrogen-bond donors (Lipinski definition) is 1. The molecule has 0 bridgehead atoms. The lowest BCUT2D eigenvalue weighted by Gasteiger charge is -2.29. The molecule has 1 unspecified atom stereocenters. The summed E-state index contributed by atoms with van der Waals surface area (Å²) in [6.45, 7) is 4.25. The summed E-state index contributed by atoms with van der Waals surface area (Å²) in [5.74, 6) is 0. The van der Waals surface area contributed by atoms with E-state index in [0.717, 1.165) is 23.7 Å².